The Labute approximate surface area is 155 Å². The van der Waals surface area contributed by atoms with Gasteiger partial charge in [0.1, 0.15) is 0 Å². The number of piperidine rings is 1. The van der Waals surface area contributed by atoms with Gasteiger partial charge in [-0.3, -0.25) is 4.79 Å². The number of hydrogen-bond acceptors (Lipinski definition) is 5. The van der Waals surface area contributed by atoms with Gasteiger partial charge in [0.15, 0.2) is 6.61 Å². The fraction of sp³-hybridized carbons (Fsp3) is 0.500. The van der Waals surface area contributed by atoms with Crippen molar-refractivity contribution in [2.24, 2.45) is 5.16 Å². The number of amides is 1. The molecule has 7 nitrogen and oxygen atoms in total. The molecule has 1 aliphatic heterocycles. The minimum Gasteiger partial charge on any atom is -0.386 e. The van der Waals surface area contributed by atoms with Crippen LogP contribution in [0, 0.1) is 0 Å². The molecule has 0 unspecified atom stereocenters. The first-order valence-corrected chi connectivity index (χ1v) is 9.70. The number of halogens is 3. The third kappa shape index (κ3) is 5.67. The standard InChI is InChI=1S/C16H20F3N3O4S/c1-2-20-15(23)11-26-21-13-6-8-22(9-7-13)27(24,25)14-5-3-4-12(10-14)16(17,18)19/h3-5,10H,2,6-9,11H2,1H3,(H,20,23). The number of carbonyl (C=O) groups is 1. The van der Waals surface area contributed by atoms with Crippen molar-refractivity contribution in [2.75, 3.05) is 26.2 Å². The van der Waals surface area contributed by atoms with E-state index in [1.54, 1.807) is 6.92 Å². The summed E-state index contributed by atoms with van der Waals surface area (Å²) in [6.45, 7) is 2.15. The average molecular weight is 407 g/mol. The predicted molar refractivity (Wildman–Crippen MR) is 91.5 cm³/mol. The van der Waals surface area contributed by atoms with Gasteiger partial charge in [-0.05, 0) is 25.1 Å². The summed E-state index contributed by atoms with van der Waals surface area (Å²) in [6, 6.07) is 3.67. The second-order valence-electron chi connectivity index (χ2n) is 5.81. The number of oxime groups is 1. The van der Waals surface area contributed by atoms with Crippen LogP contribution in [-0.4, -0.2) is 50.6 Å². The van der Waals surface area contributed by atoms with Gasteiger partial charge in [0.05, 0.1) is 16.2 Å². The van der Waals surface area contributed by atoms with Crippen molar-refractivity contribution >= 4 is 21.6 Å². The lowest BCUT2D eigenvalue weighted by molar-refractivity contribution is -0.137. The zero-order valence-corrected chi connectivity index (χ0v) is 15.4. The molecule has 1 N–H and O–H groups in total. The van der Waals surface area contributed by atoms with Crippen LogP contribution < -0.4 is 5.32 Å². The van der Waals surface area contributed by atoms with Gasteiger partial charge in [0.2, 0.25) is 10.0 Å². The van der Waals surface area contributed by atoms with Crippen molar-refractivity contribution in [2.45, 2.75) is 30.8 Å². The van der Waals surface area contributed by atoms with Crippen molar-refractivity contribution in [3.63, 3.8) is 0 Å². The van der Waals surface area contributed by atoms with E-state index in [1.807, 2.05) is 0 Å². The highest BCUT2D eigenvalue weighted by Crippen LogP contribution is 2.31. The summed E-state index contributed by atoms with van der Waals surface area (Å²) in [7, 11) is -4.04. The van der Waals surface area contributed by atoms with Crippen molar-refractivity contribution in [1.29, 1.82) is 0 Å². The second kappa shape index (κ2) is 8.70. The molecule has 1 fully saturated rings. The molecule has 0 spiro atoms. The van der Waals surface area contributed by atoms with Crippen molar-refractivity contribution < 1.29 is 31.2 Å². The summed E-state index contributed by atoms with van der Waals surface area (Å²) >= 11 is 0. The van der Waals surface area contributed by atoms with Gasteiger partial charge < -0.3 is 10.2 Å². The number of nitrogens with one attached hydrogen (secondary N) is 1. The van der Waals surface area contributed by atoms with Crippen molar-refractivity contribution in [3.05, 3.63) is 29.8 Å². The molecule has 2 rings (SSSR count). The number of sulfonamides is 1. The molecule has 1 heterocycles. The van der Waals surface area contributed by atoms with E-state index in [0.29, 0.717) is 18.3 Å². The Hall–Kier alpha value is -2.14. The summed E-state index contributed by atoms with van der Waals surface area (Å²) < 4.78 is 64.7. The molecule has 1 aromatic rings. The quantitative estimate of drug-likeness (QED) is 0.731. The summed E-state index contributed by atoms with van der Waals surface area (Å²) in [5.41, 5.74) is -0.420. The lowest BCUT2D eigenvalue weighted by Crippen LogP contribution is -2.38. The molecule has 11 heteroatoms. The molecule has 0 aromatic heterocycles. The summed E-state index contributed by atoms with van der Waals surface area (Å²) in [6.07, 6.45) is -4.07. The first-order chi connectivity index (χ1) is 12.6. The van der Waals surface area contributed by atoms with Gasteiger partial charge in [0, 0.05) is 32.5 Å². The molecule has 27 heavy (non-hydrogen) atoms. The first-order valence-electron chi connectivity index (χ1n) is 8.26. The molecule has 0 saturated carbocycles. The fourth-order valence-electron chi connectivity index (χ4n) is 2.49. The van der Waals surface area contributed by atoms with E-state index in [2.05, 4.69) is 10.5 Å². The third-order valence-corrected chi connectivity index (χ3v) is 5.76. The van der Waals surface area contributed by atoms with Crippen LogP contribution in [0.5, 0.6) is 0 Å². The summed E-state index contributed by atoms with van der Waals surface area (Å²) in [4.78, 5) is 15.8. The lowest BCUT2D eigenvalue weighted by atomic mass is 10.1. The maximum atomic E-state index is 12.8. The first kappa shape index (κ1) is 21.2. The van der Waals surface area contributed by atoms with Gasteiger partial charge >= 0.3 is 6.18 Å². The number of alkyl halides is 3. The maximum Gasteiger partial charge on any atom is 0.416 e. The second-order valence-corrected chi connectivity index (χ2v) is 7.75. The SMILES string of the molecule is CCNC(=O)CON=C1CCN(S(=O)(=O)c2cccc(C(F)(F)F)c2)CC1. The van der Waals surface area contributed by atoms with E-state index in [4.69, 9.17) is 4.84 Å². The summed E-state index contributed by atoms with van der Waals surface area (Å²) in [5, 5.41) is 6.37. The minimum absolute atomic E-state index is 0.0714. The molecule has 1 amide bonds. The van der Waals surface area contributed by atoms with E-state index in [-0.39, 0.29) is 38.4 Å². The smallest absolute Gasteiger partial charge is 0.386 e. The topological polar surface area (TPSA) is 88.1 Å². The van der Waals surface area contributed by atoms with Gasteiger partial charge in [-0.2, -0.15) is 17.5 Å². The molecule has 0 aliphatic carbocycles. The number of rotatable bonds is 6. The third-order valence-electron chi connectivity index (χ3n) is 3.86. The van der Waals surface area contributed by atoms with Crippen LogP contribution in [0.3, 0.4) is 0 Å². The zero-order chi connectivity index (χ0) is 20.1. The van der Waals surface area contributed by atoms with Crippen LogP contribution in [0.25, 0.3) is 0 Å². The molecule has 0 atom stereocenters. The maximum absolute atomic E-state index is 12.8. The highest BCUT2D eigenvalue weighted by Gasteiger charge is 2.33. The highest BCUT2D eigenvalue weighted by molar-refractivity contribution is 7.89. The van der Waals surface area contributed by atoms with Crippen molar-refractivity contribution in [1.82, 2.24) is 9.62 Å². The normalized spacial score (nSPS) is 16.1. The Kier molecular flexibility index (Phi) is 6.82. The molecular formula is C16H20F3N3O4S. The van der Waals surface area contributed by atoms with Gasteiger partial charge in [-0.1, -0.05) is 11.2 Å². The Bertz CT molecular complexity index is 799. The van der Waals surface area contributed by atoms with Crippen LogP contribution in [0.4, 0.5) is 13.2 Å². The Morgan fingerprint density at radius 3 is 2.56 bits per heavy atom. The van der Waals surface area contributed by atoms with Gasteiger partial charge in [0.25, 0.3) is 5.91 Å². The van der Waals surface area contributed by atoms with Crippen molar-refractivity contribution in [3.8, 4) is 0 Å². The van der Waals surface area contributed by atoms with E-state index in [1.165, 1.54) is 0 Å². The van der Waals surface area contributed by atoms with Crippen LogP contribution in [0.2, 0.25) is 0 Å². The number of hydrogen-bond donors (Lipinski definition) is 1. The van der Waals surface area contributed by atoms with Gasteiger partial charge in [-0.15, -0.1) is 0 Å². The Balaban J connectivity index is 2.00. The number of benzene rings is 1. The monoisotopic (exact) mass is 407 g/mol. The largest absolute Gasteiger partial charge is 0.416 e. The van der Waals surface area contributed by atoms with E-state index < -0.39 is 26.7 Å². The van der Waals surface area contributed by atoms with Crippen LogP contribution in [0.1, 0.15) is 25.3 Å². The molecule has 150 valence electrons. The van der Waals surface area contributed by atoms with Crippen LogP contribution in [0.15, 0.2) is 34.3 Å². The molecule has 1 saturated heterocycles. The van der Waals surface area contributed by atoms with Crippen LogP contribution >= 0.6 is 0 Å². The van der Waals surface area contributed by atoms with E-state index >= 15 is 0 Å². The number of carbonyl (C=O) groups excluding carboxylic acids is 1. The average Bonchev–Trinajstić information content (AvgIpc) is 2.62. The Morgan fingerprint density at radius 1 is 1.30 bits per heavy atom. The fourth-order valence-corrected chi connectivity index (χ4v) is 3.98. The molecule has 1 aliphatic rings. The lowest BCUT2D eigenvalue weighted by Gasteiger charge is -2.26. The highest BCUT2D eigenvalue weighted by atomic mass is 32.2. The number of nitrogens with zero attached hydrogens (tertiary/aromatic N) is 2. The molecule has 1 aromatic carbocycles. The predicted octanol–water partition coefficient (Wildman–Crippen LogP) is 2.00. The number of likely N-dealkylation sites (N-methyl/N-ethyl adjacent to an activating group) is 1. The molecule has 0 radical (unpaired) electrons. The molecule has 0 bridgehead atoms. The van der Waals surface area contributed by atoms with E-state index in [0.717, 1.165) is 22.5 Å². The van der Waals surface area contributed by atoms with Crippen LogP contribution in [-0.2, 0) is 25.8 Å². The minimum atomic E-state index is -4.62. The molecular weight excluding hydrogens is 387 g/mol. The Morgan fingerprint density at radius 2 is 1.96 bits per heavy atom. The zero-order valence-electron chi connectivity index (χ0n) is 14.6. The van der Waals surface area contributed by atoms with Gasteiger partial charge in [-0.25, -0.2) is 8.42 Å². The van der Waals surface area contributed by atoms with E-state index in [9.17, 15) is 26.4 Å². The summed E-state index contributed by atoms with van der Waals surface area (Å²) in [5.74, 6) is -0.314.